The summed E-state index contributed by atoms with van der Waals surface area (Å²) in [6.45, 7) is 3.97. The number of carbonyl (C=O) groups excluding carboxylic acids is 1. The summed E-state index contributed by atoms with van der Waals surface area (Å²) in [6.07, 6.45) is 0. The highest BCUT2D eigenvalue weighted by Crippen LogP contribution is 2.29. The number of hydrogen-bond donors (Lipinski definition) is 0. The van der Waals surface area contributed by atoms with Crippen LogP contribution in [0.1, 0.15) is 21.7 Å². The van der Waals surface area contributed by atoms with E-state index in [-0.39, 0.29) is 17.4 Å². The second-order valence-corrected chi connectivity index (χ2v) is 9.09. The lowest BCUT2D eigenvalue weighted by Crippen LogP contribution is -2.07. The van der Waals surface area contributed by atoms with Gasteiger partial charge in [0, 0.05) is 33.9 Å². The summed E-state index contributed by atoms with van der Waals surface area (Å²) in [5.74, 6) is 0.531. The Bertz CT molecular complexity index is 1480. The minimum absolute atomic E-state index is 0.0141. The zero-order chi connectivity index (χ0) is 24.4. The van der Waals surface area contributed by atoms with E-state index < -0.39 is 0 Å². The Morgan fingerprint density at radius 3 is 2.14 bits per heavy atom. The second kappa shape index (κ2) is 9.72. The van der Waals surface area contributed by atoms with Crippen molar-refractivity contribution >= 4 is 17.5 Å². The molecule has 0 spiro atoms. The Hall–Kier alpha value is -3.97. The largest absolute Gasteiger partial charge is 0.318 e. The summed E-state index contributed by atoms with van der Waals surface area (Å²) in [5, 5.41) is 9.34. The molecule has 5 aromatic rings. The highest BCUT2D eigenvalue weighted by molar-refractivity contribution is 7.99. The van der Waals surface area contributed by atoms with Crippen LogP contribution in [0, 0.1) is 19.7 Å². The molecule has 0 aliphatic carbocycles. The molecule has 0 aliphatic heterocycles. The summed E-state index contributed by atoms with van der Waals surface area (Å²) in [5.41, 5.74) is 5.24. The first-order valence-corrected chi connectivity index (χ1v) is 12.2. The maximum absolute atomic E-state index is 13.6. The number of carbonyl (C=O) groups is 1. The van der Waals surface area contributed by atoms with Crippen LogP contribution in [0.2, 0.25) is 0 Å². The smallest absolute Gasteiger partial charge is 0.196 e. The molecule has 0 N–H and O–H groups in total. The maximum Gasteiger partial charge on any atom is 0.196 e. The van der Waals surface area contributed by atoms with Gasteiger partial charge in [0.25, 0.3) is 0 Å². The molecule has 2 aromatic heterocycles. The Balaban J connectivity index is 1.45. The van der Waals surface area contributed by atoms with Gasteiger partial charge in [-0.05, 0) is 56.3 Å². The first kappa shape index (κ1) is 22.8. The van der Waals surface area contributed by atoms with Gasteiger partial charge in [-0.15, -0.1) is 10.2 Å². The second-order valence-electron chi connectivity index (χ2n) is 8.15. The molecule has 7 heteroatoms. The number of thioether (sulfide) groups is 1. The average molecular weight is 483 g/mol. The molecule has 0 fully saturated rings. The number of para-hydroxylation sites is 1. The molecule has 5 nitrogen and oxygen atoms in total. The molecule has 3 aromatic carbocycles. The number of ketones is 1. The molecule has 5 rings (SSSR count). The van der Waals surface area contributed by atoms with E-state index in [4.69, 9.17) is 0 Å². The highest BCUT2D eigenvalue weighted by atomic mass is 32.2. The van der Waals surface area contributed by atoms with Gasteiger partial charge in [-0.1, -0.05) is 60.3 Å². The van der Waals surface area contributed by atoms with Gasteiger partial charge in [0.2, 0.25) is 0 Å². The molecule has 0 saturated carbocycles. The molecule has 2 heterocycles. The fourth-order valence-corrected chi connectivity index (χ4v) is 5.02. The molecule has 0 amide bonds. The Morgan fingerprint density at radius 1 is 0.829 bits per heavy atom. The Kier molecular flexibility index (Phi) is 6.33. The zero-order valence-corrected chi connectivity index (χ0v) is 20.2. The topological polar surface area (TPSA) is 52.7 Å². The van der Waals surface area contributed by atoms with Crippen LogP contribution in [0.25, 0.3) is 22.8 Å². The number of hydrogen-bond acceptors (Lipinski definition) is 4. The van der Waals surface area contributed by atoms with Crippen molar-refractivity contribution in [2.24, 2.45) is 0 Å². The molecule has 0 unspecified atom stereocenters. The number of benzene rings is 3. The monoisotopic (exact) mass is 482 g/mol. The minimum Gasteiger partial charge on any atom is -0.318 e. The molecule has 0 bridgehead atoms. The number of rotatable bonds is 7. The number of aryl methyl sites for hydroxylation is 1. The summed E-state index contributed by atoms with van der Waals surface area (Å²) in [6, 6.07) is 27.8. The Labute approximate surface area is 207 Å². The van der Waals surface area contributed by atoms with E-state index in [9.17, 15) is 9.18 Å². The number of halogens is 1. The van der Waals surface area contributed by atoms with Gasteiger partial charge in [0.05, 0.1) is 5.75 Å². The number of nitrogens with zero attached hydrogens (tertiary/aromatic N) is 4. The van der Waals surface area contributed by atoms with Gasteiger partial charge in [0.15, 0.2) is 16.8 Å². The molecule has 35 heavy (non-hydrogen) atoms. The summed E-state index contributed by atoms with van der Waals surface area (Å²) < 4.78 is 17.5. The predicted octanol–water partition coefficient (Wildman–Crippen LogP) is 6.46. The van der Waals surface area contributed by atoms with E-state index in [1.54, 1.807) is 12.1 Å². The van der Waals surface area contributed by atoms with Crippen LogP contribution in [0.4, 0.5) is 4.39 Å². The first-order chi connectivity index (χ1) is 17.0. The third kappa shape index (κ3) is 4.55. The minimum atomic E-state index is -0.318. The molecule has 0 aliphatic rings. The van der Waals surface area contributed by atoms with E-state index in [0.717, 1.165) is 28.3 Å². The van der Waals surface area contributed by atoms with Crippen LogP contribution in [0.15, 0.2) is 96.2 Å². The van der Waals surface area contributed by atoms with Gasteiger partial charge < -0.3 is 4.57 Å². The van der Waals surface area contributed by atoms with Gasteiger partial charge in [0.1, 0.15) is 5.82 Å². The molecule has 0 atom stereocenters. The van der Waals surface area contributed by atoms with Gasteiger partial charge >= 0.3 is 0 Å². The van der Waals surface area contributed by atoms with Gasteiger partial charge in [-0.2, -0.15) is 0 Å². The fraction of sp³-hybridized carbons (Fsp3) is 0.107. The number of aromatic nitrogens is 4. The third-order valence-electron chi connectivity index (χ3n) is 5.83. The first-order valence-electron chi connectivity index (χ1n) is 11.2. The maximum atomic E-state index is 13.6. The van der Waals surface area contributed by atoms with E-state index in [1.807, 2.05) is 85.1 Å². The van der Waals surface area contributed by atoms with Crippen LogP contribution in [-0.2, 0) is 0 Å². The average Bonchev–Trinajstić information content (AvgIpc) is 3.44. The number of Topliss-reactive ketones (excluding diaryl/α,β-unsaturated/α-hetero) is 1. The van der Waals surface area contributed by atoms with Crippen molar-refractivity contribution in [2.75, 3.05) is 5.75 Å². The van der Waals surface area contributed by atoms with Crippen LogP contribution in [-0.4, -0.2) is 30.9 Å². The van der Waals surface area contributed by atoms with Crippen LogP contribution < -0.4 is 0 Å². The van der Waals surface area contributed by atoms with Crippen molar-refractivity contribution in [2.45, 2.75) is 19.0 Å². The SMILES string of the molecule is Cc1cc(C(=O)CSc2nnc(-c3ccccc3)n2-c2ccc(F)cc2)c(C)n1-c1ccccc1. The van der Waals surface area contributed by atoms with Crippen molar-refractivity contribution in [1.82, 2.24) is 19.3 Å². The van der Waals surface area contributed by atoms with Crippen LogP contribution in [0.5, 0.6) is 0 Å². The quantitative estimate of drug-likeness (QED) is 0.197. The molecule has 0 saturated heterocycles. The summed E-state index contributed by atoms with van der Waals surface area (Å²) in [7, 11) is 0. The lowest BCUT2D eigenvalue weighted by molar-refractivity contribution is 0.102. The summed E-state index contributed by atoms with van der Waals surface area (Å²) >= 11 is 1.32. The zero-order valence-electron chi connectivity index (χ0n) is 19.4. The normalized spacial score (nSPS) is 11.1. The van der Waals surface area contributed by atoms with Gasteiger partial charge in [-0.25, -0.2) is 4.39 Å². The van der Waals surface area contributed by atoms with E-state index >= 15 is 0 Å². The molecule has 174 valence electrons. The fourth-order valence-electron chi connectivity index (χ4n) is 4.19. The van der Waals surface area contributed by atoms with Gasteiger partial charge in [-0.3, -0.25) is 9.36 Å². The molecular formula is C28H23FN4OS. The van der Waals surface area contributed by atoms with Crippen molar-refractivity contribution in [1.29, 1.82) is 0 Å². The van der Waals surface area contributed by atoms with Crippen molar-refractivity contribution in [3.05, 3.63) is 114 Å². The van der Waals surface area contributed by atoms with E-state index in [1.165, 1.54) is 23.9 Å². The molecular weight excluding hydrogens is 459 g/mol. The van der Waals surface area contributed by atoms with Crippen molar-refractivity contribution < 1.29 is 9.18 Å². The lowest BCUT2D eigenvalue weighted by atomic mass is 10.2. The standard InChI is InChI=1S/C28H23FN4OS/c1-19-17-25(20(2)32(19)23-11-7-4-8-12-23)26(34)18-35-28-31-30-27(21-9-5-3-6-10-21)33(28)24-15-13-22(29)14-16-24/h3-17H,18H2,1-2H3. The highest BCUT2D eigenvalue weighted by Gasteiger charge is 2.20. The lowest BCUT2D eigenvalue weighted by Gasteiger charge is -2.11. The van der Waals surface area contributed by atoms with Crippen LogP contribution in [0.3, 0.4) is 0 Å². The van der Waals surface area contributed by atoms with Crippen LogP contribution >= 0.6 is 11.8 Å². The predicted molar refractivity (Wildman–Crippen MR) is 137 cm³/mol. The Morgan fingerprint density at radius 2 is 1.46 bits per heavy atom. The van der Waals surface area contributed by atoms with E-state index in [0.29, 0.717) is 16.5 Å². The third-order valence-corrected chi connectivity index (χ3v) is 6.76. The van der Waals surface area contributed by atoms with Crippen molar-refractivity contribution in [3.8, 4) is 22.8 Å². The van der Waals surface area contributed by atoms with E-state index in [2.05, 4.69) is 14.8 Å². The molecule has 0 radical (unpaired) electrons. The summed E-state index contributed by atoms with van der Waals surface area (Å²) in [4.78, 5) is 13.3. The van der Waals surface area contributed by atoms with Crippen molar-refractivity contribution in [3.63, 3.8) is 0 Å².